The Morgan fingerprint density at radius 3 is 0.958 bits per heavy atom. The summed E-state index contributed by atoms with van der Waals surface area (Å²) < 4.78 is 26.3. The molecule has 9 heterocycles. The second kappa shape index (κ2) is 33.2. The first-order chi connectivity index (χ1) is 70.4. The van der Waals surface area contributed by atoms with Gasteiger partial charge in [-0.2, -0.15) is 15.0 Å². The van der Waals surface area contributed by atoms with Crippen LogP contribution in [0.5, 0.6) is 0 Å². The van der Waals surface area contributed by atoms with Crippen molar-refractivity contribution in [3.05, 3.63) is 461 Å². The van der Waals surface area contributed by atoms with E-state index in [1.165, 1.54) is 38.1 Å². The molecule has 21 aromatic carbocycles. The number of hydrogen-bond acceptors (Lipinski definition) is 12. The smallest absolute Gasteiger partial charge is 0.238 e. The van der Waals surface area contributed by atoms with Crippen LogP contribution in [0.3, 0.4) is 0 Å². The van der Waals surface area contributed by atoms with Crippen molar-refractivity contribution in [1.29, 1.82) is 0 Å². The van der Waals surface area contributed by atoms with Gasteiger partial charge >= 0.3 is 0 Å². The molecule has 0 saturated carbocycles. The number of fused-ring (bicyclic) bond motifs is 10. The summed E-state index contributed by atoms with van der Waals surface area (Å²) in [4.78, 5) is 45.1. The number of hydrogen-bond donors (Lipinski definition) is 0. The second-order valence-corrected chi connectivity index (χ2v) is 35.8. The van der Waals surface area contributed by atoms with Crippen LogP contribution in [-0.2, 0) is 0 Å². The second-order valence-electron chi connectivity index (χ2n) is 35.8. The zero-order chi connectivity index (χ0) is 93.4. The van der Waals surface area contributed by atoms with Gasteiger partial charge in [0.1, 0.15) is 39.8 Å². The number of aromatic nitrogens is 12. The maximum atomic E-state index is 6.62. The topological polar surface area (TPSA) is 170 Å². The summed E-state index contributed by atoms with van der Waals surface area (Å²) >= 11 is 0. The lowest BCUT2D eigenvalue weighted by molar-refractivity contribution is 0.663. The number of rotatable bonds is 11. The van der Waals surface area contributed by atoms with Crippen LogP contribution in [0.1, 0.15) is 0 Å². The zero-order valence-electron chi connectivity index (χ0n) is 76.0. The monoisotopic (exact) mass is 1820 g/mol. The highest BCUT2D eigenvalue weighted by molar-refractivity contribution is 6.30. The maximum absolute atomic E-state index is 6.62. The summed E-state index contributed by atoms with van der Waals surface area (Å²) in [5.74, 6) is 4.89. The van der Waals surface area contributed by atoms with Gasteiger partial charge in [-0.1, -0.05) is 346 Å². The first-order valence-corrected chi connectivity index (χ1v) is 47.4. The van der Waals surface area contributed by atoms with Crippen LogP contribution in [0.4, 0.5) is 0 Å². The van der Waals surface area contributed by atoms with Crippen LogP contribution in [0.15, 0.2) is 475 Å². The molecule has 0 N–H and O–H groups in total. The van der Waals surface area contributed by atoms with Crippen LogP contribution < -0.4 is 0 Å². The van der Waals surface area contributed by atoms with Gasteiger partial charge in [-0.25, -0.2) is 29.9 Å². The standard InChI is InChI=1S/C47H28N4O.C41H24N4O.C39H24N4O/c1-2-13-30(14-3-1)45-48-46(32-25-24-29-12-4-5-15-31(29)28-32)50-47(49-45)37-26-27-38(34-17-7-6-16-33(34)37)51-39-20-10-19-36-35-18-8-9-22-41(35)52-42-23-11-21-40(51)44(42)43(36)39;1-3-11-27-23-29(21-19-25(27)9-1)39-42-40(30-22-20-26-10-2-4-12-28(26)24-30)44-41(43-39)45-33-15-7-14-32-31-13-5-6-17-35(31)46-36-18-8-16-34(45)38(36)37(32)33;1-2-9-25(10-3-1)26-19-21-27(22-20-26)28-11-6-12-29(23-28)38-40-24-41-39(42-38)43-32-15-7-14-31-30-13-4-5-17-34(30)44-35-18-8-16-33(43)37(35)36(31)32/h1-28H;1-24H;1-24H. The first-order valence-electron chi connectivity index (χ1n) is 47.4. The molecule has 0 bridgehead atoms. The minimum atomic E-state index is 0.560. The van der Waals surface area contributed by atoms with E-state index in [1.54, 1.807) is 6.33 Å². The molecule has 0 unspecified atom stereocenters. The third-order valence-corrected chi connectivity index (χ3v) is 27.6. The summed E-state index contributed by atoms with van der Waals surface area (Å²) in [5.41, 5.74) is 22.7. The molecule has 30 aromatic rings. The van der Waals surface area contributed by atoms with Crippen molar-refractivity contribution >= 4 is 174 Å². The molecule has 662 valence electrons. The Bertz CT molecular complexity index is 10300. The maximum Gasteiger partial charge on any atom is 0.238 e. The summed E-state index contributed by atoms with van der Waals surface area (Å²) in [6.07, 6.45) is 1.60. The quantitative estimate of drug-likeness (QED) is 0.120. The minimum absolute atomic E-state index is 0.560. The molecule has 0 radical (unpaired) electrons. The third-order valence-electron chi connectivity index (χ3n) is 27.6. The minimum Gasteiger partial charge on any atom is -0.456 e. The molecular formula is C127H76N12O3. The van der Waals surface area contributed by atoms with Crippen molar-refractivity contribution in [3.63, 3.8) is 0 Å². The lowest BCUT2D eigenvalue weighted by Crippen LogP contribution is -2.06. The Morgan fingerprint density at radius 1 is 0.162 bits per heavy atom. The molecular weight excluding hydrogens is 1740 g/mol. The van der Waals surface area contributed by atoms with Crippen LogP contribution >= 0.6 is 0 Å². The number of benzene rings is 21. The molecule has 0 spiro atoms. The number of para-hydroxylation sites is 3. The average Bonchev–Trinajstić information content (AvgIpc) is 1.56. The summed E-state index contributed by atoms with van der Waals surface area (Å²) in [6.45, 7) is 0. The highest BCUT2D eigenvalue weighted by atomic mass is 16.3. The van der Waals surface area contributed by atoms with Gasteiger partial charge in [-0.05, 0) is 185 Å². The Kier molecular flexibility index (Phi) is 18.9. The van der Waals surface area contributed by atoms with Crippen LogP contribution in [0.2, 0.25) is 0 Å². The molecule has 0 aliphatic heterocycles. The van der Waals surface area contributed by atoms with E-state index in [0.717, 1.165) is 198 Å². The molecule has 0 atom stereocenters. The molecule has 0 aliphatic rings. The van der Waals surface area contributed by atoms with E-state index in [4.69, 9.17) is 48.1 Å². The zero-order valence-corrected chi connectivity index (χ0v) is 76.0. The Balaban J connectivity index is 0.000000104. The van der Waals surface area contributed by atoms with Gasteiger partial charge in [0.05, 0.1) is 54.9 Å². The van der Waals surface area contributed by atoms with Crippen LogP contribution in [-0.4, -0.2) is 58.6 Å². The van der Waals surface area contributed by atoms with Crippen LogP contribution in [0, 0.1) is 0 Å². The highest BCUT2D eigenvalue weighted by Crippen LogP contribution is 2.48. The van der Waals surface area contributed by atoms with Gasteiger partial charge in [-0.3, -0.25) is 9.13 Å². The Morgan fingerprint density at radius 2 is 0.472 bits per heavy atom. The van der Waals surface area contributed by atoms with Crippen molar-refractivity contribution < 1.29 is 13.3 Å². The van der Waals surface area contributed by atoms with E-state index < -0.39 is 0 Å². The van der Waals surface area contributed by atoms with E-state index in [2.05, 4.69) is 382 Å². The normalized spacial score (nSPS) is 11.8. The molecule has 142 heavy (non-hydrogen) atoms. The summed E-state index contributed by atoms with van der Waals surface area (Å²) in [7, 11) is 0. The van der Waals surface area contributed by atoms with Gasteiger partial charge in [0.2, 0.25) is 11.9 Å². The predicted molar refractivity (Wildman–Crippen MR) is 578 cm³/mol. The van der Waals surface area contributed by atoms with E-state index in [9.17, 15) is 0 Å². The van der Waals surface area contributed by atoms with Crippen molar-refractivity contribution in [2.75, 3.05) is 0 Å². The molecule has 0 fully saturated rings. The summed E-state index contributed by atoms with van der Waals surface area (Å²) in [6, 6.07) is 158. The van der Waals surface area contributed by atoms with Crippen molar-refractivity contribution in [2.24, 2.45) is 0 Å². The van der Waals surface area contributed by atoms with Gasteiger partial charge in [0.15, 0.2) is 34.9 Å². The third kappa shape index (κ3) is 13.6. The largest absolute Gasteiger partial charge is 0.456 e. The molecule has 15 nitrogen and oxygen atoms in total. The van der Waals surface area contributed by atoms with E-state index >= 15 is 0 Å². The van der Waals surface area contributed by atoms with Crippen molar-refractivity contribution in [1.82, 2.24) is 58.6 Å². The fourth-order valence-electron chi connectivity index (χ4n) is 21.1. The Hall–Kier alpha value is -19.5. The van der Waals surface area contributed by atoms with Crippen molar-refractivity contribution in [3.8, 4) is 108 Å². The molecule has 30 rings (SSSR count). The van der Waals surface area contributed by atoms with Gasteiger partial charge in [0, 0.05) is 71.1 Å². The molecule has 0 aliphatic carbocycles. The number of nitrogens with zero attached hydrogens (tertiary/aromatic N) is 12. The lowest BCUT2D eigenvalue weighted by atomic mass is 9.99. The highest BCUT2D eigenvalue weighted by Gasteiger charge is 2.28. The predicted octanol–water partition coefficient (Wildman–Crippen LogP) is 32.6. The molecule has 0 saturated heterocycles. The average molecular weight is 1820 g/mol. The first kappa shape index (κ1) is 80.9. The van der Waals surface area contributed by atoms with Crippen LogP contribution in [0.25, 0.3) is 282 Å². The lowest BCUT2D eigenvalue weighted by Gasteiger charge is -2.15. The van der Waals surface area contributed by atoms with Crippen molar-refractivity contribution in [2.45, 2.75) is 0 Å². The molecule has 0 amide bonds. The van der Waals surface area contributed by atoms with Gasteiger partial charge in [0.25, 0.3) is 0 Å². The fraction of sp³-hybridized carbons (Fsp3) is 0. The van der Waals surface area contributed by atoms with Gasteiger partial charge in [-0.15, -0.1) is 0 Å². The summed E-state index contributed by atoms with van der Waals surface area (Å²) in [5, 5.41) is 22.4. The van der Waals surface area contributed by atoms with E-state index in [1.807, 2.05) is 97.1 Å². The molecule has 9 aromatic heterocycles. The Labute approximate surface area is 810 Å². The SMILES string of the molecule is c1ccc(-c2ccc(-c3cccc(-c4ncnc(-n5c6cccc7oc8ccccc8c8cccc5c8c76)n4)c3)cc2)cc1.c1ccc(-c2nc(-c3ccc4ccccc4c3)nc(-c3ccc(-n4c5cccc6oc7ccccc7c7cccc4c7c65)c4ccccc34)n2)cc1.c1ccc2cc(-c3nc(-c4ccc5ccccc5c4)nc(-n4c5cccc6oc7ccccc7c7cccc4c7c65)n3)ccc2c1. The van der Waals surface area contributed by atoms with Gasteiger partial charge < -0.3 is 17.8 Å². The fourth-order valence-corrected chi connectivity index (χ4v) is 21.1. The van der Waals surface area contributed by atoms with E-state index in [0.29, 0.717) is 46.8 Å². The molecule has 15 heteroatoms. The van der Waals surface area contributed by atoms with E-state index in [-0.39, 0.29) is 0 Å².